The Balaban J connectivity index is 4.32. The number of amides is 1. The summed E-state index contributed by atoms with van der Waals surface area (Å²) in [5.41, 5.74) is 0. The minimum Gasteiger partial charge on any atom is -0.387 e. The zero-order chi connectivity index (χ0) is 42.8. The van der Waals surface area contributed by atoms with E-state index in [0.29, 0.717) is 17.4 Å². The van der Waals surface area contributed by atoms with Gasteiger partial charge in [0.1, 0.15) is 13.2 Å². The van der Waals surface area contributed by atoms with Gasteiger partial charge >= 0.3 is 7.82 Å². The predicted molar refractivity (Wildman–Crippen MR) is 249 cm³/mol. The van der Waals surface area contributed by atoms with Crippen molar-refractivity contribution < 1.29 is 32.9 Å². The van der Waals surface area contributed by atoms with Gasteiger partial charge in [-0.25, -0.2) is 4.57 Å². The Morgan fingerprint density at radius 2 is 0.948 bits per heavy atom. The monoisotopic (exact) mass is 840 g/mol. The number of likely N-dealkylation sites (N-methyl/N-ethyl adjacent to an activating group) is 1. The van der Waals surface area contributed by atoms with Crippen LogP contribution in [0.15, 0.2) is 36.5 Å². The van der Waals surface area contributed by atoms with E-state index >= 15 is 0 Å². The molecule has 0 fully saturated rings. The molecule has 8 nitrogen and oxygen atoms in total. The molecule has 3 atom stereocenters. The number of quaternary nitrogens is 1. The van der Waals surface area contributed by atoms with Crippen LogP contribution in [0.5, 0.6) is 0 Å². The molecule has 0 aliphatic rings. The molecule has 0 radical (unpaired) electrons. The van der Waals surface area contributed by atoms with Gasteiger partial charge in [0.15, 0.2) is 0 Å². The van der Waals surface area contributed by atoms with Gasteiger partial charge in [-0.3, -0.25) is 13.8 Å². The van der Waals surface area contributed by atoms with Gasteiger partial charge in [0, 0.05) is 6.42 Å². The number of nitrogens with zero attached hydrogens (tertiary/aromatic N) is 1. The number of hydrogen-bond acceptors (Lipinski definition) is 5. The molecule has 342 valence electrons. The fourth-order valence-corrected chi connectivity index (χ4v) is 7.67. The molecule has 0 saturated carbocycles. The van der Waals surface area contributed by atoms with E-state index < -0.39 is 20.0 Å². The highest BCUT2D eigenvalue weighted by molar-refractivity contribution is 7.47. The molecule has 0 aromatic heterocycles. The lowest BCUT2D eigenvalue weighted by atomic mass is 10.0. The van der Waals surface area contributed by atoms with E-state index in [9.17, 15) is 19.4 Å². The van der Waals surface area contributed by atoms with Crippen molar-refractivity contribution in [1.29, 1.82) is 0 Å². The maximum absolute atomic E-state index is 12.8. The fraction of sp³-hybridized carbons (Fsp3) is 0.857. The van der Waals surface area contributed by atoms with E-state index in [0.717, 1.165) is 51.4 Å². The smallest absolute Gasteiger partial charge is 0.387 e. The summed E-state index contributed by atoms with van der Waals surface area (Å²) in [6, 6.07) is -0.865. The average molecular weight is 840 g/mol. The van der Waals surface area contributed by atoms with Crippen LogP contribution in [-0.4, -0.2) is 73.4 Å². The highest BCUT2D eigenvalue weighted by Gasteiger charge is 2.27. The van der Waals surface area contributed by atoms with Crippen molar-refractivity contribution in [3.63, 3.8) is 0 Å². The number of allylic oxidation sites excluding steroid dienone is 5. The maximum Gasteiger partial charge on any atom is 0.472 e. The zero-order valence-corrected chi connectivity index (χ0v) is 39.7. The van der Waals surface area contributed by atoms with Gasteiger partial charge in [-0.1, -0.05) is 192 Å². The SMILES string of the molecule is CCCCC/C=C\CCCCCCCC(=O)NC(COP(=O)(O)OCC[N+](C)(C)C)C(O)/C=C/CC/C=C/CCCCCCCCCCCCCCCCCCCC. The Hall–Kier alpha value is -1.28. The number of nitrogens with one attached hydrogen (secondary N) is 1. The van der Waals surface area contributed by atoms with Crippen molar-refractivity contribution in [2.75, 3.05) is 40.9 Å². The minimum absolute atomic E-state index is 0.0546. The zero-order valence-electron chi connectivity index (χ0n) is 38.8. The second kappa shape index (κ2) is 41.1. The second-order valence-electron chi connectivity index (χ2n) is 17.8. The lowest BCUT2D eigenvalue weighted by molar-refractivity contribution is -0.870. The summed E-state index contributed by atoms with van der Waals surface area (Å²) in [6.45, 7) is 4.77. The molecule has 0 bridgehead atoms. The Morgan fingerprint density at radius 3 is 1.41 bits per heavy atom. The van der Waals surface area contributed by atoms with Crippen molar-refractivity contribution in [3.05, 3.63) is 36.5 Å². The van der Waals surface area contributed by atoms with E-state index in [1.54, 1.807) is 6.08 Å². The summed E-state index contributed by atoms with van der Waals surface area (Å²) in [6.07, 6.45) is 50.9. The number of phosphoric ester groups is 1. The standard InChI is InChI=1S/C49H95N2O6P/c1-6-8-10-12-14-16-18-20-21-22-23-24-25-26-27-28-29-30-31-32-34-36-38-40-42-48(52)47(46-57-58(54,55)56-45-44-51(3,4)5)50-49(53)43-41-39-37-35-33-19-17-15-13-11-9-7-2/h15,17,32,34,40,42,47-48,52H,6-14,16,18-31,33,35-39,41,43-46H2,1-5H3,(H-,50,53,54,55)/p+1/b17-15-,34-32+,42-40+. The molecule has 9 heteroatoms. The lowest BCUT2D eigenvalue weighted by Crippen LogP contribution is -2.45. The van der Waals surface area contributed by atoms with Crippen LogP contribution in [0, 0.1) is 0 Å². The van der Waals surface area contributed by atoms with Gasteiger partial charge in [0.05, 0.1) is 39.9 Å². The van der Waals surface area contributed by atoms with Crippen molar-refractivity contribution in [2.24, 2.45) is 0 Å². The quantitative estimate of drug-likeness (QED) is 0.0244. The van der Waals surface area contributed by atoms with Crippen LogP contribution in [0.1, 0.15) is 219 Å². The molecule has 3 N–H and O–H groups in total. The molecule has 0 aliphatic carbocycles. The van der Waals surface area contributed by atoms with Crippen LogP contribution in [0.2, 0.25) is 0 Å². The molecule has 0 heterocycles. The number of aliphatic hydroxyl groups is 1. The third-order valence-electron chi connectivity index (χ3n) is 10.8. The van der Waals surface area contributed by atoms with Gasteiger partial charge in [-0.2, -0.15) is 0 Å². The highest BCUT2D eigenvalue weighted by Crippen LogP contribution is 2.43. The maximum atomic E-state index is 12.8. The third kappa shape index (κ3) is 42.8. The molecule has 58 heavy (non-hydrogen) atoms. The van der Waals surface area contributed by atoms with Crippen molar-refractivity contribution >= 4 is 13.7 Å². The summed E-state index contributed by atoms with van der Waals surface area (Å²) in [5, 5.41) is 13.8. The molecule has 0 spiro atoms. The van der Waals surface area contributed by atoms with E-state index in [1.165, 1.54) is 148 Å². The normalized spacial score (nSPS) is 14.5. The summed E-state index contributed by atoms with van der Waals surface area (Å²) in [4.78, 5) is 23.1. The van der Waals surface area contributed by atoms with E-state index in [1.807, 2.05) is 27.2 Å². The van der Waals surface area contributed by atoms with Crippen LogP contribution in [0.3, 0.4) is 0 Å². The van der Waals surface area contributed by atoms with Gasteiger partial charge in [-0.05, 0) is 57.8 Å². The molecule has 0 rings (SSSR count). The summed E-state index contributed by atoms with van der Waals surface area (Å²) in [5.74, 6) is -0.197. The van der Waals surface area contributed by atoms with Crippen molar-refractivity contribution in [3.8, 4) is 0 Å². The molecule has 0 aromatic rings. The molecule has 0 saturated heterocycles. The highest BCUT2D eigenvalue weighted by atomic mass is 31.2. The van der Waals surface area contributed by atoms with Crippen LogP contribution in [0.25, 0.3) is 0 Å². The van der Waals surface area contributed by atoms with Gasteiger partial charge in [0.2, 0.25) is 5.91 Å². The number of phosphoric acid groups is 1. The Morgan fingerprint density at radius 1 is 0.569 bits per heavy atom. The second-order valence-corrected chi connectivity index (χ2v) is 19.3. The van der Waals surface area contributed by atoms with Crippen LogP contribution in [0.4, 0.5) is 0 Å². The van der Waals surface area contributed by atoms with E-state index in [4.69, 9.17) is 9.05 Å². The average Bonchev–Trinajstić information content (AvgIpc) is 3.17. The predicted octanol–water partition coefficient (Wildman–Crippen LogP) is 13.9. The van der Waals surface area contributed by atoms with Crippen LogP contribution >= 0.6 is 7.82 Å². The van der Waals surface area contributed by atoms with E-state index in [2.05, 4.69) is 43.5 Å². The third-order valence-corrected chi connectivity index (χ3v) is 11.8. The number of carbonyl (C=O) groups excluding carboxylic acids is 1. The Labute approximate surface area is 359 Å². The van der Waals surface area contributed by atoms with E-state index in [-0.39, 0.29) is 19.1 Å². The van der Waals surface area contributed by atoms with Crippen LogP contribution in [-0.2, 0) is 18.4 Å². The molecule has 0 aromatic carbocycles. The number of aliphatic hydroxyl groups excluding tert-OH is 1. The molecular formula is C49H96N2O6P+. The lowest BCUT2D eigenvalue weighted by Gasteiger charge is -2.25. The van der Waals surface area contributed by atoms with Gasteiger partial charge < -0.3 is 19.8 Å². The first-order valence-electron chi connectivity index (χ1n) is 24.4. The number of carbonyl (C=O) groups is 1. The summed E-state index contributed by atoms with van der Waals surface area (Å²) >= 11 is 0. The van der Waals surface area contributed by atoms with Crippen molar-refractivity contribution in [1.82, 2.24) is 5.32 Å². The summed E-state index contributed by atoms with van der Waals surface area (Å²) < 4.78 is 23.6. The summed E-state index contributed by atoms with van der Waals surface area (Å²) in [7, 11) is 1.55. The number of unbranched alkanes of at least 4 members (excludes halogenated alkanes) is 27. The van der Waals surface area contributed by atoms with Gasteiger partial charge in [0.25, 0.3) is 0 Å². The Kier molecular flexibility index (Phi) is 40.2. The topological polar surface area (TPSA) is 105 Å². The van der Waals surface area contributed by atoms with Crippen molar-refractivity contribution in [2.45, 2.75) is 231 Å². The minimum atomic E-state index is -4.35. The van der Waals surface area contributed by atoms with Gasteiger partial charge in [-0.15, -0.1) is 0 Å². The number of rotatable bonds is 44. The first-order chi connectivity index (χ1) is 28.0. The Bertz CT molecular complexity index is 1040. The molecule has 0 aliphatic heterocycles. The molecule has 3 unspecified atom stereocenters. The first-order valence-corrected chi connectivity index (χ1v) is 25.9. The largest absolute Gasteiger partial charge is 0.472 e. The number of hydrogen-bond donors (Lipinski definition) is 3. The molecular weight excluding hydrogens is 744 g/mol. The molecule has 1 amide bonds. The first kappa shape index (κ1) is 56.7. The van der Waals surface area contributed by atoms with Crippen LogP contribution < -0.4 is 5.32 Å². The fourth-order valence-electron chi connectivity index (χ4n) is 6.93.